The summed E-state index contributed by atoms with van der Waals surface area (Å²) in [4.78, 5) is 19.2. The van der Waals surface area contributed by atoms with E-state index in [1.165, 1.54) is 12.3 Å². The molecule has 3 rings (SSSR count). The van der Waals surface area contributed by atoms with Crippen molar-refractivity contribution in [2.45, 2.75) is 6.92 Å². The zero-order chi connectivity index (χ0) is 18.1. The molecule has 0 fully saturated rings. The number of hydrogen-bond acceptors (Lipinski definition) is 5. The average Bonchev–Trinajstić information content (AvgIpc) is 2.97. The standard InChI is InChI=1S/C16H13F2N5O2/c1-8-5-19-16(21-9-6-20-23(2)7-9)22-14(8)10-3-4-11(15(24)25)13(18)12(10)17/h3-7H,1-2H3,(H,24,25)(H,19,21,22). The summed E-state index contributed by atoms with van der Waals surface area (Å²) < 4.78 is 29.9. The fourth-order valence-electron chi connectivity index (χ4n) is 2.29. The van der Waals surface area contributed by atoms with Gasteiger partial charge in [0.1, 0.15) is 0 Å². The van der Waals surface area contributed by atoms with E-state index in [1.54, 1.807) is 31.0 Å². The van der Waals surface area contributed by atoms with Gasteiger partial charge >= 0.3 is 5.97 Å². The summed E-state index contributed by atoms with van der Waals surface area (Å²) in [6, 6.07) is 2.19. The first-order valence-electron chi connectivity index (χ1n) is 7.18. The van der Waals surface area contributed by atoms with Crippen LogP contribution in [0, 0.1) is 18.6 Å². The number of halogens is 2. The molecule has 0 radical (unpaired) electrons. The molecule has 0 bridgehead atoms. The number of carboxylic acids is 1. The largest absolute Gasteiger partial charge is 0.478 e. The molecule has 0 amide bonds. The second-order valence-electron chi connectivity index (χ2n) is 5.35. The van der Waals surface area contributed by atoms with Gasteiger partial charge < -0.3 is 10.4 Å². The Hall–Kier alpha value is -3.36. The number of carbonyl (C=O) groups is 1. The Morgan fingerprint density at radius 3 is 2.64 bits per heavy atom. The molecule has 0 saturated carbocycles. The molecule has 3 aromatic rings. The summed E-state index contributed by atoms with van der Waals surface area (Å²) in [6.45, 7) is 1.64. The van der Waals surface area contributed by atoms with Gasteiger partial charge in [-0.05, 0) is 24.6 Å². The van der Waals surface area contributed by atoms with Crippen LogP contribution in [-0.2, 0) is 7.05 Å². The van der Waals surface area contributed by atoms with Gasteiger partial charge in [-0.25, -0.2) is 23.5 Å². The minimum atomic E-state index is -1.54. The lowest BCUT2D eigenvalue weighted by Gasteiger charge is -2.10. The minimum absolute atomic E-state index is 0.142. The Bertz CT molecular complexity index is 971. The van der Waals surface area contributed by atoms with Crippen molar-refractivity contribution in [3.8, 4) is 11.3 Å². The molecule has 0 atom stereocenters. The maximum Gasteiger partial charge on any atom is 0.338 e. The maximum absolute atomic E-state index is 14.3. The summed E-state index contributed by atoms with van der Waals surface area (Å²) >= 11 is 0. The van der Waals surface area contributed by atoms with Crippen molar-refractivity contribution in [3.05, 3.63) is 53.5 Å². The van der Waals surface area contributed by atoms with Gasteiger partial charge in [0.05, 0.1) is 23.1 Å². The number of rotatable bonds is 4. The third-order valence-electron chi connectivity index (χ3n) is 3.50. The highest BCUT2D eigenvalue weighted by Gasteiger charge is 2.21. The van der Waals surface area contributed by atoms with E-state index in [-0.39, 0.29) is 17.2 Å². The molecule has 2 N–H and O–H groups in total. The fraction of sp³-hybridized carbons (Fsp3) is 0.125. The fourth-order valence-corrected chi connectivity index (χ4v) is 2.29. The van der Waals surface area contributed by atoms with Crippen LogP contribution in [0.5, 0.6) is 0 Å². The summed E-state index contributed by atoms with van der Waals surface area (Å²) in [5.41, 5.74) is 0.427. The number of nitrogens with zero attached hydrogens (tertiary/aromatic N) is 4. The number of carboxylic acid groups (broad SMARTS) is 1. The van der Waals surface area contributed by atoms with Gasteiger partial charge in [0.15, 0.2) is 11.6 Å². The summed E-state index contributed by atoms with van der Waals surface area (Å²) in [6.07, 6.45) is 4.72. The Morgan fingerprint density at radius 1 is 1.24 bits per heavy atom. The molecule has 0 aliphatic heterocycles. The molecule has 25 heavy (non-hydrogen) atoms. The second kappa shape index (κ2) is 6.27. The van der Waals surface area contributed by atoms with Crippen LogP contribution in [-0.4, -0.2) is 30.8 Å². The predicted octanol–water partition coefficient (Wildman–Crippen LogP) is 2.91. The number of benzene rings is 1. The zero-order valence-electron chi connectivity index (χ0n) is 13.3. The van der Waals surface area contributed by atoms with E-state index in [0.717, 1.165) is 6.07 Å². The maximum atomic E-state index is 14.3. The molecule has 0 saturated heterocycles. The molecule has 128 valence electrons. The van der Waals surface area contributed by atoms with Gasteiger partial charge in [-0.3, -0.25) is 4.68 Å². The highest BCUT2D eigenvalue weighted by molar-refractivity contribution is 5.88. The van der Waals surface area contributed by atoms with E-state index in [9.17, 15) is 13.6 Å². The first-order chi connectivity index (χ1) is 11.9. The molecule has 7 nitrogen and oxygen atoms in total. The molecule has 2 heterocycles. The van der Waals surface area contributed by atoms with Crippen molar-refractivity contribution in [2.75, 3.05) is 5.32 Å². The molecular weight excluding hydrogens is 332 g/mol. The van der Waals surface area contributed by atoms with Crippen LogP contribution >= 0.6 is 0 Å². The van der Waals surface area contributed by atoms with Gasteiger partial charge in [0, 0.05) is 25.0 Å². The minimum Gasteiger partial charge on any atom is -0.478 e. The highest BCUT2D eigenvalue weighted by Crippen LogP contribution is 2.28. The third-order valence-corrected chi connectivity index (χ3v) is 3.50. The first-order valence-corrected chi connectivity index (χ1v) is 7.18. The summed E-state index contributed by atoms with van der Waals surface area (Å²) in [5, 5.41) is 15.8. The molecule has 0 spiro atoms. The molecule has 0 aliphatic carbocycles. The van der Waals surface area contributed by atoms with Gasteiger partial charge in [-0.1, -0.05) is 0 Å². The SMILES string of the molecule is Cc1cnc(Nc2cnn(C)c2)nc1-c1ccc(C(=O)O)c(F)c1F. The highest BCUT2D eigenvalue weighted by atomic mass is 19.2. The van der Waals surface area contributed by atoms with Crippen molar-refractivity contribution in [2.24, 2.45) is 7.05 Å². The number of aromatic nitrogens is 4. The van der Waals surface area contributed by atoms with Crippen molar-refractivity contribution in [1.29, 1.82) is 0 Å². The van der Waals surface area contributed by atoms with Gasteiger partial charge in [-0.15, -0.1) is 0 Å². The molecule has 1 aromatic carbocycles. The van der Waals surface area contributed by atoms with Gasteiger partial charge in [0.25, 0.3) is 0 Å². The third kappa shape index (κ3) is 3.16. The van der Waals surface area contributed by atoms with Gasteiger partial charge in [0.2, 0.25) is 5.95 Å². The van der Waals surface area contributed by atoms with E-state index >= 15 is 0 Å². The average molecular weight is 345 g/mol. The van der Waals surface area contributed by atoms with E-state index in [2.05, 4.69) is 20.4 Å². The Balaban J connectivity index is 2.04. The van der Waals surface area contributed by atoms with Gasteiger partial charge in [-0.2, -0.15) is 5.10 Å². The van der Waals surface area contributed by atoms with Crippen LogP contribution in [0.4, 0.5) is 20.4 Å². The Kier molecular flexibility index (Phi) is 4.14. The van der Waals surface area contributed by atoms with Crippen LogP contribution in [0.1, 0.15) is 15.9 Å². The summed E-state index contributed by atoms with van der Waals surface area (Å²) in [5.74, 6) is -4.06. The second-order valence-corrected chi connectivity index (χ2v) is 5.35. The lowest BCUT2D eigenvalue weighted by molar-refractivity contribution is 0.0690. The topological polar surface area (TPSA) is 92.9 Å². The Labute approximate surface area is 141 Å². The van der Waals surface area contributed by atoms with Crippen molar-refractivity contribution in [1.82, 2.24) is 19.7 Å². The zero-order valence-corrected chi connectivity index (χ0v) is 13.3. The summed E-state index contributed by atoms with van der Waals surface area (Å²) in [7, 11) is 1.74. The monoisotopic (exact) mass is 345 g/mol. The van der Waals surface area contributed by atoms with Crippen molar-refractivity contribution < 1.29 is 18.7 Å². The molecule has 0 unspecified atom stereocenters. The molecule has 9 heteroatoms. The first kappa shape index (κ1) is 16.5. The van der Waals surface area contributed by atoms with Crippen LogP contribution in [0.3, 0.4) is 0 Å². The normalized spacial score (nSPS) is 10.7. The van der Waals surface area contributed by atoms with E-state index in [0.29, 0.717) is 11.3 Å². The Morgan fingerprint density at radius 2 is 2.00 bits per heavy atom. The van der Waals surface area contributed by atoms with Crippen molar-refractivity contribution >= 4 is 17.6 Å². The van der Waals surface area contributed by atoms with Crippen LogP contribution in [0.15, 0.2) is 30.7 Å². The number of anilines is 2. The van der Waals surface area contributed by atoms with Crippen LogP contribution < -0.4 is 5.32 Å². The van der Waals surface area contributed by atoms with Crippen LogP contribution in [0.2, 0.25) is 0 Å². The molecule has 2 aromatic heterocycles. The lowest BCUT2D eigenvalue weighted by Crippen LogP contribution is -2.06. The predicted molar refractivity (Wildman–Crippen MR) is 85.6 cm³/mol. The number of aromatic carboxylic acids is 1. The van der Waals surface area contributed by atoms with Crippen molar-refractivity contribution in [3.63, 3.8) is 0 Å². The molecular formula is C16H13F2N5O2. The number of aryl methyl sites for hydroxylation is 2. The van der Waals surface area contributed by atoms with E-state index in [1.807, 2.05) is 0 Å². The lowest BCUT2D eigenvalue weighted by atomic mass is 10.0. The number of nitrogens with one attached hydrogen (secondary N) is 1. The molecule has 0 aliphatic rings. The van der Waals surface area contributed by atoms with Crippen LogP contribution in [0.25, 0.3) is 11.3 Å². The van der Waals surface area contributed by atoms with E-state index < -0.39 is 23.2 Å². The quantitative estimate of drug-likeness (QED) is 0.755. The van der Waals surface area contributed by atoms with E-state index in [4.69, 9.17) is 5.11 Å². The number of hydrogen-bond donors (Lipinski definition) is 2. The smallest absolute Gasteiger partial charge is 0.338 e.